The van der Waals surface area contributed by atoms with Crippen LogP contribution in [0.4, 0.5) is 0 Å². The Morgan fingerprint density at radius 2 is 1.35 bits per heavy atom. The average Bonchev–Trinajstić information content (AvgIpc) is 2.55. The van der Waals surface area contributed by atoms with E-state index in [-0.39, 0.29) is 0 Å². The Kier molecular flexibility index (Phi) is 4.53. The predicted molar refractivity (Wildman–Crippen MR) is 85.9 cm³/mol. The molecule has 20 heavy (non-hydrogen) atoms. The van der Waals surface area contributed by atoms with Gasteiger partial charge in [0.05, 0.1) is 0 Å². The van der Waals surface area contributed by atoms with E-state index >= 15 is 0 Å². The Balaban J connectivity index is 1.83. The van der Waals surface area contributed by atoms with E-state index < -0.39 is 0 Å². The van der Waals surface area contributed by atoms with Gasteiger partial charge >= 0.3 is 0 Å². The van der Waals surface area contributed by atoms with Crippen molar-refractivity contribution in [3.8, 4) is 0 Å². The van der Waals surface area contributed by atoms with E-state index in [1.54, 1.807) is 0 Å². The lowest BCUT2D eigenvalue weighted by Gasteiger charge is -2.31. The summed E-state index contributed by atoms with van der Waals surface area (Å²) in [7, 11) is 0. The smallest absolute Gasteiger partial charge is 0.00931 e. The van der Waals surface area contributed by atoms with Gasteiger partial charge in [-0.05, 0) is 42.2 Å². The van der Waals surface area contributed by atoms with Crippen LogP contribution in [0.2, 0.25) is 0 Å². The Bertz CT molecular complexity index is 494. The molecule has 0 aromatic heterocycles. The summed E-state index contributed by atoms with van der Waals surface area (Å²) in [4.78, 5) is 0. The summed E-state index contributed by atoms with van der Waals surface area (Å²) in [5, 5.41) is 0. The molecule has 2 aromatic rings. The molecule has 3 rings (SSSR count). The molecule has 2 aromatic carbocycles. The lowest BCUT2D eigenvalue weighted by atomic mass is 9.74. The van der Waals surface area contributed by atoms with Gasteiger partial charge in [0.15, 0.2) is 0 Å². The van der Waals surface area contributed by atoms with Crippen LogP contribution >= 0.6 is 0 Å². The molecule has 0 radical (unpaired) electrons. The average molecular weight is 264 g/mol. The lowest BCUT2D eigenvalue weighted by molar-refractivity contribution is 0.302. The van der Waals surface area contributed by atoms with Crippen molar-refractivity contribution in [3.63, 3.8) is 0 Å². The Hall–Kier alpha value is -1.56. The molecule has 1 saturated carbocycles. The van der Waals surface area contributed by atoms with E-state index in [0.29, 0.717) is 5.92 Å². The minimum Gasteiger partial charge on any atom is -0.0622 e. The third-order valence-electron chi connectivity index (χ3n) is 4.75. The van der Waals surface area contributed by atoms with Crippen LogP contribution in [0.3, 0.4) is 0 Å². The number of hydrogen-bond donors (Lipinski definition) is 0. The van der Waals surface area contributed by atoms with Crippen molar-refractivity contribution >= 4 is 0 Å². The van der Waals surface area contributed by atoms with Gasteiger partial charge in [0.1, 0.15) is 0 Å². The summed E-state index contributed by atoms with van der Waals surface area (Å²) >= 11 is 0. The van der Waals surface area contributed by atoms with Gasteiger partial charge in [-0.2, -0.15) is 0 Å². The first-order chi connectivity index (χ1) is 9.93. The van der Waals surface area contributed by atoms with Crippen LogP contribution in [-0.2, 0) is 6.42 Å². The molecule has 0 spiro atoms. The van der Waals surface area contributed by atoms with Gasteiger partial charge < -0.3 is 0 Å². The molecule has 1 fully saturated rings. The van der Waals surface area contributed by atoms with Crippen LogP contribution in [0.25, 0.3) is 0 Å². The quantitative estimate of drug-likeness (QED) is 0.675. The Morgan fingerprint density at radius 1 is 0.750 bits per heavy atom. The predicted octanol–water partition coefficient (Wildman–Crippen LogP) is 5.59. The first-order valence-corrected chi connectivity index (χ1v) is 8.02. The molecule has 0 nitrogen and oxygen atoms in total. The molecule has 1 aliphatic carbocycles. The van der Waals surface area contributed by atoms with Crippen LogP contribution in [0.15, 0.2) is 60.7 Å². The Morgan fingerprint density at radius 3 is 2.00 bits per heavy atom. The topological polar surface area (TPSA) is 0 Å². The largest absolute Gasteiger partial charge is 0.0622 e. The van der Waals surface area contributed by atoms with Crippen molar-refractivity contribution in [2.45, 2.75) is 44.4 Å². The lowest BCUT2D eigenvalue weighted by Crippen LogP contribution is -2.18. The summed E-state index contributed by atoms with van der Waals surface area (Å²) < 4.78 is 0. The molecule has 0 heteroatoms. The zero-order valence-electron chi connectivity index (χ0n) is 12.2. The summed E-state index contributed by atoms with van der Waals surface area (Å²) in [5.41, 5.74) is 3.01. The van der Waals surface area contributed by atoms with Crippen molar-refractivity contribution in [2.75, 3.05) is 0 Å². The molecular weight excluding hydrogens is 240 g/mol. The van der Waals surface area contributed by atoms with Crippen LogP contribution in [0.1, 0.15) is 49.1 Å². The second-order valence-corrected chi connectivity index (χ2v) is 6.10. The maximum atomic E-state index is 2.32. The molecule has 0 bridgehead atoms. The maximum Gasteiger partial charge on any atom is -0.00931 e. The van der Waals surface area contributed by atoms with Crippen molar-refractivity contribution < 1.29 is 0 Å². The normalized spacial score (nSPS) is 17.8. The zero-order valence-corrected chi connectivity index (χ0v) is 12.2. The molecule has 0 saturated heterocycles. The van der Waals surface area contributed by atoms with E-state index in [1.165, 1.54) is 49.7 Å². The van der Waals surface area contributed by atoms with Crippen LogP contribution in [0, 0.1) is 5.92 Å². The van der Waals surface area contributed by atoms with Gasteiger partial charge in [0.25, 0.3) is 0 Å². The minimum absolute atomic E-state index is 0.693. The summed E-state index contributed by atoms with van der Waals surface area (Å²) in [6.45, 7) is 0. The van der Waals surface area contributed by atoms with Crippen molar-refractivity contribution in [2.24, 2.45) is 5.92 Å². The van der Waals surface area contributed by atoms with Crippen molar-refractivity contribution in [1.29, 1.82) is 0 Å². The highest BCUT2D eigenvalue weighted by atomic mass is 14.3. The van der Waals surface area contributed by atoms with Crippen molar-refractivity contribution in [1.82, 2.24) is 0 Å². The SMILES string of the molecule is c1ccc(CC(c2ccccc2)C2CCCCC2)cc1. The highest BCUT2D eigenvalue weighted by Crippen LogP contribution is 2.38. The van der Waals surface area contributed by atoms with Crippen LogP contribution in [-0.4, -0.2) is 0 Å². The first kappa shape index (κ1) is 13.4. The minimum atomic E-state index is 0.693. The molecule has 0 amide bonds. The standard InChI is InChI=1S/C20H24/c1-4-10-17(11-5-1)16-20(18-12-6-2-7-13-18)19-14-8-3-9-15-19/h1-2,4-7,10-13,19-20H,3,8-9,14-16H2. The Labute approximate surface area is 122 Å². The van der Waals surface area contributed by atoms with Crippen LogP contribution < -0.4 is 0 Å². The zero-order chi connectivity index (χ0) is 13.6. The highest BCUT2D eigenvalue weighted by molar-refractivity contribution is 5.25. The number of rotatable bonds is 4. The monoisotopic (exact) mass is 264 g/mol. The second kappa shape index (κ2) is 6.74. The molecule has 104 valence electrons. The number of hydrogen-bond acceptors (Lipinski definition) is 0. The van der Waals surface area contributed by atoms with Gasteiger partial charge in [-0.3, -0.25) is 0 Å². The van der Waals surface area contributed by atoms with E-state index in [4.69, 9.17) is 0 Å². The van der Waals surface area contributed by atoms with Crippen LogP contribution in [0.5, 0.6) is 0 Å². The van der Waals surface area contributed by atoms with Crippen molar-refractivity contribution in [3.05, 3.63) is 71.8 Å². The van der Waals surface area contributed by atoms with Gasteiger partial charge in [-0.15, -0.1) is 0 Å². The molecule has 0 heterocycles. The highest BCUT2D eigenvalue weighted by Gasteiger charge is 2.25. The molecule has 1 aliphatic rings. The first-order valence-electron chi connectivity index (χ1n) is 8.02. The third-order valence-corrected chi connectivity index (χ3v) is 4.75. The van der Waals surface area contributed by atoms with Gasteiger partial charge in [0.2, 0.25) is 0 Å². The molecule has 1 unspecified atom stereocenters. The molecule has 0 N–H and O–H groups in total. The van der Waals surface area contributed by atoms with Gasteiger partial charge in [-0.1, -0.05) is 79.9 Å². The summed E-state index contributed by atoms with van der Waals surface area (Å²) in [5.74, 6) is 1.56. The fourth-order valence-corrected chi connectivity index (χ4v) is 3.66. The van der Waals surface area contributed by atoms with Gasteiger partial charge in [-0.25, -0.2) is 0 Å². The maximum absolute atomic E-state index is 2.32. The van der Waals surface area contributed by atoms with E-state index in [1.807, 2.05) is 0 Å². The number of benzene rings is 2. The summed E-state index contributed by atoms with van der Waals surface area (Å²) in [6.07, 6.45) is 8.28. The summed E-state index contributed by atoms with van der Waals surface area (Å²) in [6, 6.07) is 22.1. The fraction of sp³-hybridized carbons (Fsp3) is 0.400. The third kappa shape index (κ3) is 3.30. The van der Waals surface area contributed by atoms with E-state index in [0.717, 1.165) is 5.92 Å². The van der Waals surface area contributed by atoms with E-state index in [2.05, 4.69) is 60.7 Å². The fourth-order valence-electron chi connectivity index (χ4n) is 3.66. The van der Waals surface area contributed by atoms with E-state index in [9.17, 15) is 0 Å². The molecular formula is C20H24. The molecule has 1 atom stereocenters. The van der Waals surface area contributed by atoms with Gasteiger partial charge in [0, 0.05) is 0 Å². The second-order valence-electron chi connectivity index (χ2n) is 6.10. The molecule has 0 aliphatic heterocycles.